The van der Waals surface area contributed by atoms with E-state index in [2.05, 4.69) is 4.74 Å². The number of hydrogen-bond donors (Lipinski definition) is 0. The van der Waals surface area contributed by atoms with Crippen molar-refractivity contribution in [2.24, 2.45) is 0 Å². The van der Waals surface area contributed by atoms with Crippen LogP contribution in [0.3, 0.4) is 0 Å². The summed E-state index contributed by atoms with van der Waals surface area (Å²) in [6, 6.07) is -3.22. The second-order valence-corrected chi connectivity index (χ2v) is 1.57. The standard InChI is InChI=1S/C4H3F5O2.K.H/c1-11-3(6,2(5)10)4(7,8)9;;/h1H3;;. The van der Waals surface area contributed by atoms with Gasteiger partial charge in [-0.15, -0.1) is 0 Å². The van der Waals surface area contributed by atoms with Crippen molar-refractivity contribution in [2.45, 2.75) is 12.0 Å². The molecule has 0 saturated carbocycles. The summed E-state index contributed by atoms with van der Waals surface area (Å²) >= 11 is 0. The maximum atomic E-state index is 12.1. The quantitative estimate of drug-likeness (QED) is 0.387. The van der Waals surface area contributed by atoms with Crippen molar-refractivity contribution in [3.05, 3.63) is 0 Å². The number of halogens is 5. The number of methoxy groups -OCH3 is 1. The van der Waals surface area contributed by atoms with E-state index in [1.54, 1.807) is 0 Å². The minimum absolute atomic E-state index is 0. The monoisotopic (exact) mass is 218 g/mol. The van der Waals surface area contributed by atoms with Crippen LogP contribution in [-0.4, -0.2) is 76.6 Å². The molecule has 12 heavy (non-hydrogen) atoms. The average molecular weight is 218 g/mol. The summed E-state index contributed by atoms with van der Waals surface area (Å²) in [7, 11) is 0.241. The SMILES string of the molecule is COC(F)(C(=O)F)C(F)(F)F.[KH]. The number of rotatable bonds is 2. The zero-order valence-electron chi connectivity index (χ0n) is 5.21. The van der Waals surface area contributed by atoms with Crippen molar-refractivity contribution in [2.75, 3.05) is 7.11 Å². The molecule has 0 aromatic carbocycles. The second-order valence-electron chi connectivity index (χ2n) is 1.57. The van der Waals surface area contributed by atoms with E-state index >= 15 is 0 Å². The van der Waals surface area contributed by atoms with Crippen LogP contribution in [0.5, 0.6) is 0 Å². The van der Waals surface area contributed by atoms with E-state index in [-0.39, 0.29) is 58.5 Å². The fourth-order valence-corrected chi connectivity index (χ4v) is 0.307. The van der Waals surface area contributed by atoms with E-state index < -0.39 is 18.1 Å². The molecular formula is C4H4F5KO2. The summed E-state index contributed by atoms with van der Waals surface area (Å²) in [4.78, 5) is 9.46. The number of carbonyl (C=O) groups excluding carboxylic acids is 1. The van der Waals surface area contributed by atoms with Gasteiger partial charge in [-0.3, -0.25) is 4.79 Å². The molecule has 0 fully saturated rings. The van der Waals surface area contributed by atoms with Crippen molar-refractivity contribution < 1.29 is 31.5 Å². The Balaban J connectivity index is 0. The zero-order valence-corrected chi connectivity index (χ0v) is 5.21. The molecule has 0 amide bonds. The zero-order chi connectivity index (χ0) is 9.28. The van der Waals surface area contributed by atoms with Gasteiger partial charge < -0.3 is 4.74 Å². The minimum atomic E-state index is -5.69. The van der Waals surface area contributed by atoms with Gasteiger partial charge in [0, 0.05) is 7.11 Å². The number of carbonyl (C=O) groups is 1. The molecule has 8 heteroatoms. The molecule has 0 spiro atoms. The van der Waals surface area contributed by atoms with Crippen LogP contribution in [0.1, 0.15) is 0 Å². The fraction of sp³-hybridized carbons (Fsp3) is 0.750. The van der Waals surface area contributed by atoms with Gasteiger partial charge in [-0.1, -0.05) is 0 Å². The Labute approximate surface area is 107 Å². The maximum absolute atomic E-state index is 12.1. The summed E-state index contributed by atoms with van der Waals surface area (Å²) in [6.45, 7) is 0. The van der Waals surface area contributed by atoms with E-state index in [9.17, 15) is 26.7 Å². The molecule has 0 aromatic rings. The summed E-state index contributed by atoms with van der Waals surface area (Å²) < 4.78 is 60.7. The number of hydrogen-bond acceptors (Lipinski definition) is 2. The van der Waals surface area contributed by atoms with Crippen molar-refractivity contribution in [3.63, 3.8) is 0 Å². The number of ether oxygens (including phenoxy) is 1. The molecule has 68 valence electrons. The second kappa shape index (κ2) is 4.96. The number of alkyl halides is 4. The predicted molar refractivity (Wildman–Crippen MR) is 30.2 cm³/mol. The van der Waals surface area contributed by atoms with Crippen LogP contribution in [-0.2, 0) is 9.53 Å². The molecule has 2 nitrogen and oxygen atoms in total. The molecule has 0 bridgehead atoms. The van der Waals surface area contributed by atoms with Gasteiger partial charge in [0.15, 0.2) is 0 Å². The normalized spacial score (nSPS) is 16.2. The Morgan fingerprint density at radius 3 is 1.58 bits per heavy atom. The summed E-state index contributed by atoms with van der Waals surface area (Å²) in [5.74, 6) is -4.83. The van der Waals surface area contributed by atoms with Gasteiger partial charge in [-0.2, -0.15) is 22.0 Å². The third-order valence-corrected chi connectivity index (χ3v) is 0.899. The molecule has 1 unspecified atom stereocenters. The van der Waals surface area contributed by atoms with Gasteiger partial charge in [-0.05, 0) is 0 Å². The van der Waals surface area contributed by atoms with E-state index in [0.717, 1.165) is 0 Å². The average Bonchev–Trinajstić information content (AvgIpc) is 1.83. The Morgan fingerprint density at radius 1 is 1.25 bits per heavy atom. The van der Waals surface area contributed by atoms with Crippen LogP contribution in [0, 0.1) is 0 Å². The van der Waals surface area contributed by atoms with Gasteiger partial charge in [0.2, 0.25) is 0 Å². The first kappa shape index (κ1) is 15.4. The van der Waals surface area contributed by atoms with Gasteiger partial charge >= 0.3 is 69.5 Å². The van der Waals surface area contributed by atoms with Crippen LogP contribution < -0.4 is 0 Å². The van der Waals surface area contributed by atoms with Crippen LogP contribution in [0.4, 0.5) is 22.0 Å². The third kappa shape index (κ3) is 3.00. The van der Waals surface area contributed by atoms with Crippen LogP contribution in [0.25, 0.3) is 0 Å². The molecule has 0 aliphatic heterocycles. The van der Waals surface area contributed by atoms with Gasteiger partial charge in [0.25, 0.3) is 0 Å². The van der Waals surface area contributed by atoms with Crippen molar-refractivity contribution in [1.29, 1.82) is 0 Å². The molecule has 0 aliphatic rings. The summed E-state index contributed by atoms with van der Waals surface area (Å²) in [5, 5.41) is 0. The molecule has 0 radical (unpaired) electrons. The van der Waals surface area contributed by atoms with Crippen LogP contribution in [0.15, 0.2) is 0 Å². The van der Waals surface area contributed by atoms with Crippen molar-refractivity contribution >= 4 is 57.4 Å². The van der Waals surface area contributed by atoms with Gasteiger partial charge in [-0.25, -0.2) is 0 Å². The van der Waals surface area contributed by atoms with Crippen LogP contribution in [0.2, 0.25) is 0 Å². The van der Waals surface area contributed by atoms with E-state index in [1.165, 1.54) is 0 Å². The van der Waals surface area contributed by atoms with Gasteiger partial charge in [0.05, 0.1) is 0 Å². The van der Waals surface area contributed by atoms with E-state index in [4.69, 9.17) is 0 Å². The molecule has 0 rings (SSSR count). The summed E-state index contributed by atoms with van der Waals surface area (Å²) in [5.41, 5.74) is 0. The molecule has 0 N–H and O–H groups in total. The van der Waals surface area contributed by atoms with Crippen molar-refractivity contribution in [3.8, 4) is 0 Å². The first-order chi connectivity index (χ1) is 4.75. The molecule has 0 aliphatic carbocycles. The van der Waals surface area contributed by atoms with E-state index in [1.807, 2.05) is 0 Å². The molecule has 0 saturated heterocycles. The Morgan fingerprint density at radius 2 is 1.58 bits per heavy atom. The Bertz CT molecular complexity index is 169. The Hall–Kier alpha value is 0.916. The first-order valence-electron chi connectivity index (χ1n) is 2.26. The predicted octanol–water partition coefficient (Wildman–Crippen LogP) is 0.709. The van der Waals surface area contributed by atoms with Crippen molar-refractivity contribution in [1.82, 2.24) is 0 Å². The van der Waals surface area contributed by atoms with Gasteiger partial charge in [0.1, 0.15) is 0 Å². The molecule has 0 heterocycles. The molecular weight excluding hydrogens is 214 g/mol. The fourth-order valence-electron chi connectivity index (χ4n) is 0.307. The summed E-state index contributed by atoms with van der Waals surface area (Å²) in [6.07, 6.45) is -5.69. The third-order valence-electron chi connectivity index (χ3n) is 0.899. The molecule has 1 atom stereocenters. The topological polar surface area (TPSA) is 26.3 Å². The Kier molecular flexibility index (Phi) is 6.36. The van der Waals surface area contributed by atoms with Crippen LogP contribution >= 0.6 is 0 Å². The molecule has 0 aromatic heterocycles. The first-order valence-corrected chi connectivity index (χ1v) is 2.26. The van der Waals surface area contributed by atoms with E-state index in [0.29, 0.717) is 0 Å².